The summed E-state index contributed by atoms with van der Waals surface area (Å²) in [4.78, 5) is 4.32. The fraction of sp³-hybridized carbons (Fsp3) is 0.171. The molecule has 0 amide bonds. The molecule has 1 N–H and O–H groups in total. The molecule has 0 spiro atoms. The van der Waals surface area contributed by atoms with Crippen LogP contribution in [0.2, 0.25) is 0 Å². The van der Waals surface area contributed by atoms with Gasteiger partial charge in [-0.1, -0.05) is 55.5 Å². The number of fused-ring (bicyclic) bond motifs is 2. The van der Waals surface area contributed by atoms with E-state index in [1.165, 1.54) is 11.3 Å². The summed E-state index contributed by atoms with van der Waals surface area (Å²) in [7, 11) is 0. The average Bonchev–Trinajstić information content (AvgIpc) is 3.48. The van der Waals surface area contributed by atoms with E-state index in [0.29, 0.717) is 11.2 Å². The van der Waals surface area contributed by atoms with Crippen LogP contribution in [-0.2, 0) is 0 Å². The van der Waals surface area contributed by atoms with Crippen molar-refractivity contribution in [1.82, 2.24) is 4.98 Å². The summed E-state index contributed by atoms with van der Waals surface area (Å²) in [5.74, 6) is 0. The van der Waals surface area contributed by atoms with Crippen LogP contribution in [0.25, 0.3) is 21.5 Å². The van der Waals surface area contributed by atoms with E-state index in [1.807, 2.05) is 86.0 Å². The number of aryl methyl sites for hydroxylation is 2. The van der Waals surface area contributed by atoms with Crippen molar-refractivity contribution in [2.45, 2.75) is 40.2 Å². The number of anilines is 1. The van der Waals surface area contributed by atoms with Gasteiger partial charge in [0.1, 0.15) is 0 Å². The zero-order valence-corrected chi connectivity index (χ0v) is 25.9. The maximum atomic E-state index is 4.70. The number of hydrogen-bond acceptors (Lipinski definition) is 9. The van der Waals surface area contributed by atoms with E-state index in [2.05, 4.69) is 68.9 Å². The molecule has 0 aliphatic heterocycles. The number of nitrogens with one attached hydrogen (secondary N) is 1. The molecule has 1 atom stereocenters. The monoisotopic (exact) mass is 596 g/mol. The van der Waals surface area contributed by atoms with Gasteiger partial charge >= 0.3 is 0 Å². The van der Waals surface area contributed by atoms with Crippen LogP contribution in [0.15, 0.2) is 127 Å². The van der Waals surface area contributed by atoms with Gasteiger partial charge in [-0.25, -0.2) is 4.98 Å². The minimum atomic E-state index is 0.381. The fourth-order valence-corrected chi connectivity index (χ4v) is 5.44. The maximum absolute atomic E-state index is 4.70. The standard InChI is InChI=1S/C35H32N8S/c1-5-23(3)36-31-16-17-32(27-11-7-6-10-26(27)31)41-42-34-19-18-33(28-12-8-9-13-29(28)34)40-39-30-15-14-25(20-22(30)2)38-43-35-37-24(4)21-44-35/h6-21,23,36H,5H2,1-4H3. The van der Waals surface area contributed by atoms with Crippen molar-refractivity contribution in [3.05, 3.63) is 108 Å². The molecule has 0 aliphatic carbocycles. The number of hydrogen-bond donors (Lipinski definition) is 1. The third-order valence-electron chi connectivity index (χ3n) is 7.36. The second-order valence-corrected chi connectivity index (χ2v) is 11.5. The zero-order valence-electron chi connectivity index (χ0n) is 25.1. The predicted octanol–water partition coefficient (Wildman–Crippen LogP) is 12.5. The minimum Gasteiger partial charge on any atom is -0.382 e. The molecule has 5 aromatic carbocycles. The molecule has 1 unspecified atom stereocenters. The third-order valence-corrected chi connectivity index (χ3v) is 8.21. The Morgan fingerprint density at radius 3 is 1.77 bits per heavy atom. The van der Waals surface area contributed by atoms with Gasteiger partial charge in [-0.2, -0.15) is 5.11 Å². The van der Waals surface area contributed by atoms with E-state index in [9.17, 15) is 0 Å². The van der Waals surface area contributed by atoms with Crippen molar-refractivity contribution >= 4 is 72.1 Å². The topological polar surface area (TPSA) is 99.1 Å². The lowest BCUT2D eigenvalue weighted by atomic mass is 10.1. The maximum Gasteiger partial charge on any atom is 0.230 e. The summed E-state index contributed by atoms with van der Waals surface area (Å²) in [6.45, 7) is 8.29. The molecule has 44 heavy (non-hydrogen) atoms. The Morgan fingerprint density at radius 2 is 1.20 bits per heavy atom. The van der Waals surface area contributed by atoms with Gasteiger partial charge < -0.3 is 5.32 Å². The summed E-state index contributed by atoms with van der Waals surface area (Å²) in [6, 6.07) is 30.5. The number of rotatable bonds is 9. The largest absolute Gasteiger partial charge is 0.382 e. The Bertz CT molecular complexity index is 2040. The van der Waals surface area contributed by atoms with Crippen molar-refractivity contribution in [2.24, 2.45) is 30.7 Å². The first kappa shape index (κ1) is 28.9. The summed E-state index contributed by atoms with van der Waals surface area (Å²) in [5, 5.41) is 37.4. The number of benzene rings is 5. The van der Waals surface area contributed by atoms with Crippen LogP contribution < -0.4 is 5.32 Å². The van der Waals surface area contributed by atoms with Crippen LogP contribution in [0.5, 0.6) is 0 Å². The van der Waals surface area contributed by atoms with Gasteiger partial charge in [-0.15, -0.1) is 36.9 Å². The van der Waals surface area contributed by atoms with E-state index in [0.717, 1.165) is 73.3 Å². The van der Waals surface area contributed by atoms with Gasteiger partial charge in [0.15, 0.2) is 0 Å². The molecule has 1 aromatic heterocycles. The highest BCUT2D eigenvalue weighted by molar-refractivity contribution is 7.13. The zero-order chi connectivity index (χ0) is 30.5. The highest BCUT2D eigenvalue weighted by Gasteiger charge is 2.09. The fourth-order valence-electron chi connectivity index (χ4n) is 4.82. The van der Waals surface area contributed by atoms with Crippen LogP contribution >= 0.6 is 11.3 Å². The molecule has 6 aromatic rings. The highest BCUT2D eigenvalue weighted by atomic mass is 32.1. The van der Waals surface area contributed by atoms with Crippen LogP contribution in [0.4, 0.5) is 39.3 Å². The average molecular weight is 597 g/mol. The van der Waals surface area contributed by atoms with Crippen molar-refractivity contribution in [3.8, 4) is 0 Å². The minimum absolute atomic E-state index is 0.381. The molecule has 0 aliphatic rings. The number of thiazole rings is 1. The smallest absolute Gasteiger partial charge is 0.230 e. The van der Waals surface area contributed by atoms with Gasteiger partial charge in [-0.3, -0.25) is 0 Å². The third kappa shape index (κ3) is 6.43. The molecular formula is C35H32N8S. The normalized spacial score (nSPS) is 12.7. The second-order valence-electron chi connectivity index (χ2n) is 10.6. The van der Waals surface area contributed by atoms with Crippen molar-refractivity contribution < 1.29 is 0 Å². The molecular weight excluding hydrogens is 565 g/mol. The highest BCUT2D eigenvalue weighted by Crippen LogP contribution is 2.38. The summed E-state index contributed by atoms with van der Waals surface area (Å²) >= 11 is 1.47. The Morgan fingerprint density at radius 1 is 0.659 bits per heavy atom. The van der Waals surface area contributed by atoms with Gasteiger partial charge in [0.05, 0.1) is 34.1 Å². The van der Waals surface area contributed by atoms with Gasteiger partial charge in [0.2, 0.25) is 5.13 Å². The lowest BCUT2D eigenvalue weighted by molar-refractivity contribution is 0.765. The number of azo groups is 3. The first-order valence-corrected chi connectivity index (χ1v) is 15.4. The lowest BCUT2D eigenvalue weighted by Gasteiger charge is -2.15. The molecule has 8 nitrogen and oxygen atoms in total. The molecule has 6 rings (SSSR count). The van der Waals surface area contributed by atoms with E-state index < -0.39 is 0 Å². The first-order chi connectivity index (χ1) is 21.5. The quantitative estimate of drug-likeness (QED) is 0.168. The van der Waals surface area contributed by atoms with Crippen LogP contribution in [0.1, 0.15) is 31.5 Å². The molecule has 1 heterocycles. The first-order valence-electron chi connectivity index (χ1n) is 14.6. The van der Waals surface area contributed by atoms with E-state index in [-0.39, 0.29) is 0 Å². The van der Waals surface area contributed by atoms with Crippen LogP contribution in [0.3, 0.4) is 0 Å². The Labute approximate surface area is 260 Å². The molecule has 9 heteroatoms. The number of aromatic nitrogens is 1. The Hall–Kier alpha value is -5.15. The summed E-state index contributed by atoms with van der Waals surface area (Å²) in [6.07, 6.45) is 1.05. The van der Waals surface area contributed by atoms with Crippen molar-refractivity contribution in [1.29, 1.82) is 0 Å². The molecule has 0 radical (unpaired) electrons. The predicted molar refractivity (Wildman–Crippen MR) is 182 cm³/mol. The molecule has 0 saturated heterocycles. The molecule has 0 saturated carbocycles. The summed E-state index contributed by atoms with van der Waals surface area (Å²) < 4.78 is 0. The second kappa shape index (κ2) is 13.0. The molecule has 0 fully saturated rings. The van der Waals surface area contributed by atoms with Crippen LogP contribution in [-0.4, -0.2) is 11.0 Å². The van der Waals surface area contributed by atoms with Gasteiger partial charge in [-0.05, 0) is 75.2 Å². The Balaban J connectivity index is 1.26. The van der Waals surface area contributed by atoms with Crippen molar-refractivity contribution in [3.63, 3.8) is 0 Å². The van der Waals surface area contributed by atoms with Gasteiger partial charge in [0.25, 0.3) is 0 Å². The number of nitrogens with zero attached hydrogens (tertiary/aromatic N) is 7. The summed E-state index contributed by atoms with van der Waals surface area (Å²) in [5.41, 5.74) is 6.85. The lowest BCUT2D eigenvalue weighted by Crippen LogP contribution is -2.13. The Kier molecular flexibility index (Phi) is 8.56. The molecule has 0 bridgehead atoms. The SMILES string of the molecule is CCC(C)Nc1ccc(N=Nc2ccc(N=Nc3ccc(N=Nc4nc(C)cs4)cc3C)c3ccccc23)c2ccccc12. The molecule has 218 valence electrons. The van der Waals surface area contributed by atoms with E-state index in [4.69, 9.17) is 10.2 Å². The van der Waals surface area contributed by atoms with Gasteiger partial charge in [0, 0.05) is 38.7 Å². The van der Waals surface area contributed by atoms with E-state index >= 15 is 0 Å². The van der Waals surface area contributed by atoms with Crippen molar-refractivity contribution in [2.75, 3.05) is 5.32 Å². The van der Waals surface area contributed by atoms with Crippen LogP contribution in [0, 0.1) is 13.8 Å². The van der Waals surface area contributed by atoms with E-state index in [1.54, 1.807) is 0 Å².